The van der Waals surface area contributed by atoms with E-state index in [2.05, 4.69) is 20.7 Å². The van der Waals surface area contributed by atoms with Crippen LogP contribution in [0.5, 0.6) is 0 Å². The van der Waals surface area contributed by atoms with E-state index < -0.39 is 0 Å². The Morgan fingerprint density at radius 1 is 1.17 bits per heavy atom. The molecule has 1 aromatic carbocycles. The molecule has 3 aromatic rings. The monoisotopic (exact) mass is 342 g/mol. The predicted molar refractivity (Wildman–Crippen MR) is 89.4 cm³/mol. The van der Waals surface area contributed by atoms with Gasteiger partial charge in [-0.25, -0.2) is 0 Å². The molecule has 2 aromatic heterocycles. The van der Waals surface area contributed by atoms with Gasteiger partial charge in [0.2, 0.25) is 0 Å². The number of rotatable bonds is 4. The van der Waals surface area contributed by atoms with Crippen molar-refractivity contribution in [1.82, 2.24) is 25.1 Å². The molecule has 122 valence electrons. The van der Waals surface area contributed by atoms with Crippen LogP contribution in [0, 0.1) is 0 Å². The van der Waals surface area contributed by atoms with Gasteiger partial charge < -0.3 is 10.2 Å². The van der Waals surface area contributed by atoms with E-state index in [1.54, 1.807) is 44.4 Å². The molecule has 2 amide bonds. The first kappa shape index (κ1) is 15.8. The average molecular weight is 342 g/mol. The highest BCUT2D eigenvalue weighted by atomic mass is 32.1. The Balaban J connectivity index is 1.73. The third kappa shape index (κ3) is 3.30. The first-order valence-corrected chi connectivity index (χ1v) is 7.89. The summed E-state index contributed by atoms with van der Waals surface area (Å²) in [6.07, 6.45) is 0. The lowest BCUT2D eigenvalue weighted by Crippen LogP contribution is -2.23. The summed E-state index contributed by atoms with van der Waals surface area (Å²) in [7, 11) is 3.24. The van der Waals surface area contributed by atoms with E-state index >= 15 is 0 Å². The molecule has 0 aliphatic rings. The van der Waals surface area contributed by atoms with Crippen LogP contribution in [0.25, 0.3) is 5.69 Å². The van der Waals surface area contributed by atoms with E-state index in [4.69, 9.17) is 0 Å². The van der Waals surface area contributed by atoms with E-state index in [9.17, 15) is 9.59 Å². The number of benzene rings is 1. The minimum absolute atomic E-state index is 0.0232. The molecular weight excluding hydrogens is 328 g/mol. The summed E-state index contributed by atoms with van der Waals surface area (Å²) in [5.74, 6) is -0.452. The second-order valence-electron chi connectivity index (χ2n) is 5.08. The molecule has 9 heteroatoms. The maximum Gasteiger partial charge on any atom is 0.294 e. The molecule has 0 atom stereocenters. The van der Waals surface area contributed by atoms with Gasteiger partial charge in [-0.15, -0.1) is 26.3 Å². The molecule has 0 fully saturated rings. The van der Waals surface area contributed by atoms with Crippen LogP contribution >= 0.6 is 11.3 Å². The van der Waals surface area contributed by atoms with Crippen molar-refractivity contribution in [2.45, 2.75) is 0 Å². The normalized spacial score (nSPS) is 10.4. The Labute approximate surface area is 141 Å². The van der Waals surface area contributed by atoms with Gasteiger partial charge in [-0.3, -0.25) is 9.59 Å². The van der Waals surface area contributed by atoms with Crippen molar-refractivity contribution in [3.8, 4) is 5.69 Å². The van der Waals surface area contributed by atoms with Gasteiger partial charge in [0, 0.05) is 19.8 Å². The lowest BCUT2D eigenvalue weighted by molar-refractivity contribution is 0.0815. The van der Waals surface area contributed by atoms with Crippen LogP contribution in [0.15, 0.2) is 41.8 Å². The molecule has 1 N–H and O–H groups in total. The summed E-state index contributed by atoms with van der Waals surface area (Å²) < 4.78 is 0. The smallest absolute Gasteiger partial charge is 0.294 e. The highest BCUT2D eigenvalue weighted by Gasteiger charge is 2.15. The largest absolute Gasteiger partial charge is 0.342 e. The molecule has 8 nitrogen and oxygen atoms in total. The van der Waals surface area contributed by atoms with Gasteiger partial charge in [-0.2, -0.15) is 0 Å². The minimum atomic E-state index is -0.318. The molecule has 3 rings (SSSR count). The van der Waals surface area contributed by atoms with Crippen LogP contribution in [-0.2, 0) is 0 Å². The van der Waals surface area contributed by atoms with E-state index in [-0.39, 0.29) is 17.6 Å². The van der Waals surface area contributed by atoms with Crippen molar-refractivity contribution in [1.29, 1.82) is 0 Å². The quantitative estimate of drug-likeness (QED) is 0.778. The molecule has 24 heavy (non-hydrogen) atoms. The Morgan fingerprint density at radius 2 is 1.92 bits per heavy atom. The van der Waals surface area contributed by atoms with Crippen molar-refractivity contribution in [3.63, 3.8) is 0 Å². The third-order valence-electron chi connectivity index (χ3n) is 3.11. The van der Waals surface area contributed by atoms with Gasteiger partial charge in [-0.1, -0.05) is 6.07 Å². The van der Waals surface area contributed by atoms with Gasteiger partial charge in [0.15, 0.2) is 0 Å². The predicted octanol–water partition coefficient (Wildman–Crippen LogP) is 1.68. The number of carbonyl (C=O) groups excluding carboxylic acids is 2. The summed E-state index contributed by atoms with van der Waals surface area (Å²) in [6.45, 7) is 0. The number of aromatic nitrogens is 4. The van der Waals surface area contributed by atoms with Gasteiger partial charge in [0.25, 0.3) is 17.6 Å². The molecule has 2 heterocycles. The second kappa shape index (κ2) is 6.59. The van der Waals surface area contributed by atoms with Crippen LogP contribution < -0.4 is 5.32 Å². The number of carbonyl (C=O) groups is 2. The SMILES string of the molecule is CN(C)C(=O)c1nnn(-c2ccc(NC(=O)c3cccs3)cc2)n1. The summed E-state index contributed by atoms with van der Waals surface area (Å²) >= 11 is 1.38. The van der Waals surface area contributed by atoms with Gasteiger partial charge in [0.1, 0.15) is 0 Å². The molecule has 0 saturated heterocycles. The van der Waals surface area contributed by atoms with Crippen LogP contribution in [0.4, 0.5) is 5.69 Å². The molecule has 0 spiro atoms. The average Bonchev–Trinajstić information content (AvgIpc) is 3.26. The number of nitrogens with one attached hydrogen (secondary N) is 1. The topological polar surface area (TPSA) is 93.0 Å². The van der Waals surface area contributed by atoms with E-state index in [0.717, 1.165) is 0 Å². The van der Waals surface area contributed by atoms with Crippen molar-refractivity contribution in [2.75, 3.05) is 19.4 Å². The fraction of sp³-hybridized carbons (Fsp3) is 0.133. The number of hydrogen-bond donors (Lipinski definition) is 1. The number of anilines is 1. The Hall–Kier alpha value is -3.07. The third-order valence-corrected chi connectivity index (χ3v) is 3.98. The Morgan fingerprint density at radius 3 is 2.54 bits per heavy atom. The fourth-order valence-corrected chi connectivity index (χ4v) is 2.51. The zero-order valence-electron chi connectivity index (χ0n) is 13.0. The fourth-order valence-electron chi connectivity index (χ4n) is 1.89. The molecule has 0 saturated carbocycles. The number of amides is 2. The van der Waals surface area contributed by atoms with Gasteiger partial charge in [0.05, 0.1) is 10.6 Å². The van der Waals surface area contributed by atoms with E-state index in [1.165, 1.54) is 21.0 Å². The lowest BCUT2D eigenvalue weighted by atomic mass is 10.3. The first-order valence-electron chi connectivity index (χ1n) is 7.01. The van der Waals surface area contributed by atoms with Crippen LogP contribution in [-0.4, -0.2) is 51.0 Å². The van der Waals surface area contributed by atoms with Crippen LogP contribution in [0.1, 0.15) is 20.3 Å². The zero-order chi connectivity index (χ0) is 17.1. The summed E-state index contributed by atoms with van der Waals surface area (Å²) in [6, 6.07) is 10.5. The number of nitrogens with zero attached hydrogens (tertiary/aromatic N) is 5. The minimum Gasteiger partial charge on any atom is -0.342 e. The van der Waals surface area contributed by atoms with Gasteiger partial charge in [-0.05, 0) is 40.9 Å². The van der Waals surface area contributed by atoms with Gasteiger partial charge >= 0.3 is 0 Å². The second-order valence-corrected chi connectivity index (χ2v) is 6.03. The Kier molecular flexibility index (Phi) is 4.34. The maximum atomic E-state index is 12.0. The highest BCUT2D eigenvalue weighted by molar-refractivity contribution is 7.12. The summed E-state index contributed by atoms with van der Waals surface area (Å²) in [5.41, 5.74) is 1.29. The van der Waals surface area contributed by atoms with Crippen molar-refractivity contribution < 1.29 is 9.59 Å². The molecule has 0 unspecified atom stereocenters. The van der Waals surface area contributed by atoms with Crippen molar-refractivity contribution in [3.05, 3.63) is 52.5 Å². The molecule has 0 bridgehead atoms. The summed E-state index contributed by atoms with van der Waals surface area (Å²) in [5, 5.41) is 16.3. The lowest BCUT2D eigenvalue weighted by Gasteiger charge is -2.05. The molecule has 0 aliphatic carbocycles. The Bertz CT molecular complexity index is 854. The maximum absolute atomic E-state index is 12.0. The van der Waals surface area contributed by atoms with Crippen molar-refractivity contribution in [2.24, 2.45) is 0 Å². The van der Waals surface area contributed by atoms with E-state index in [1.807, 2.05) is 11.4 Å². The van der Waals surface area contributed by atoms with Crippen LogP contribution in [0.3, 0.4) is 0 Å². The first-order chi connectivity index (χ1) is 11.5. The molecular formula is C15H14N6O2S. The summed E-state index contributed by atoms with van der Waals surface area (Å²) in [4.78, 5) is 27.1. The standard InChI is InChI=1S/C15H14N6O2S/c1-20(2)15(23)13-17-19-21(18-13)11-7-5-10(6-8-11)16-14(22)12-4-3-9-24-12/h3-9H,1-2H3,(H,16,22). The number of hydrogen-bond acceptors (Lipinski definition) is 6. The van der Waals surface area contributed by atoms with Crippen molar-refractivity contribution >= 4 is 28.8 Å². The number of tetrazole rings is 1. The molecule has 0 radical (unpaired) electrons. The number of thiophene rings is 1. The molecule has 0 aliphatic heterocycles. The van der Waals surface area contributed by atoms with E-state index in [0.29, 0.717) is 16.3 Å². The zero-order valence-corrected chi connectivity index (χ0v) is 13.8. The highest BCUT2D eigenvalue weighted by Crippen LogP contribution is 2.15. The van der Waals surface area contributed by atoms with Crippen LogP contribution in [0.2, 0.25) is 0 Å².